The Kier molecular flexibility index (Phi) is 15.3. The fraction of sp³-hybridized carbons (Fsp3) is 0.639. The Hall–Kier alpha value is -3.07. The lowest BCUT2D eigenvalue weighted by Crippen LogP contribution is -2.25. The van der Waals surface area contributed by atoms with E-state index in [0.717, 1.165) is 67.8 Å². The minimum absolute atomic E-state index is 0.127. The summed E-state index contributed by atoms with van der Waals surface area (Å²) >= 11 is 0. The van der Waals surface area contributed by atoms with Gasteiger partial charge in [0.1, 0.15) is 19.0 Å². The molecule has 0 aliphatic carbocycles. The lowest BCUT2D eigenvalue weighted by atomic mass is 9.73. The number of methoxy groups -OCH3 is 1. The molecule has 0 saturated heterocycles. The van der Waals surface area contributed by atoms with Crippen molar-refractivity contribution in [2.75, 3.05) is 27.4 Å². The minimum atomic E-state index is -0.515. The molecule has 0 N–H and O–H groups in total. The van der Waals surface area contributed by atoms with E-state index < -0.39 is 5.41 Å². The topological polar surface area (TPSA) is 76.2 Å². The molecule has 230 valence electrons. The standard InChI is InChI=1S/C36H53N3O3/c1-4-5-6-7-8-9-10-11-12-13-23-36(29-37,31-16-14-18-33(28-31)40-3)24-15-17-32(39-38-2)21-19-30-20-22-34-35(27-30)42-26-25-41-34/h14,16,18,20,22,27-28,32H,4-13,15,17,19,21,23-26H2,1-3H3. The van der Waals surface area contributed by atoms with Crippen molar-refractivity contribution >= 4 is 0 Å². The number of hydrogen-bond donors (Lipinski definition) is 0. The van der Waals surface area contributed by atoms with Crippen LogP contribution in [0.4, 0.5) is 0 Å². The molecule has 2 aromatic carbocycles. The monoisotopic (exact) mass is 575 g/mol. The largest absolute Gasteiger partial charge is 0.497 e. The first kappa shape index (κ1) is 33.4. The summed E-state index contributed by atoms with van der Waals surface area (Å²) in [5.41, 5.74) is 1.78. The zero-order chi connectivity index (χ0) is 29.9. The molecule has 0 amide bonds. The van der Waals surface area contributed by atoms with Gasteiger partial charge in [-0.15, -0.1) is 0 Å². The SMILES string of the molecule is CCCCCCCCCCCCC(C#N)(CCCC(CCc1ccc2c(c1)OCCO2)N=NC)c1cccc(OC)c1. The summed E-state index contributed by atoms with van der Waals surface area (Å²) in [5.74, 6) is 2.46. The molecule has 0 aromatic heterocycles. The number of nitriles is 1. The highest BCUT2D eigenvalue weighted by Crippen LogP contribution is 2.37. The predicted octanol–water partition coefficient (Wildman–Crippen LogP) is 9.79. The van der Waals surface area contributed by atoms with Crippen molar-refractivity contribution < 1.29 is 14.2 Å². The van der Waals surface area contributed by atoms with Crippen molar-refractivity contribution in [1.82, 2.24) is 0 Å². The first-order valence-electron chi connectivity index (χ1n) is 16.4. The Morgan fingerprint density at radius 2 is 1.55 bits per heavy atom. The number of fused-ring (bicyclic) bond motifs is 1. The van der Waals surface area contributed by atoms with Crippen molar-refractivity contribution in [2.24, 2.45) is 10.2 Å². The van der Waals surface area contributed by atoms with Crippen LogP contribution in [0.5, 0.6) is 17.2 Å². The van der Waals surface area contributed by atoms with Gasteiger partial charge in [0.05, 0.1) is 24.6 Å². The molecule has 1 aliphatic rings. The molecular formula is C36H53N3O3. The number of aryl methyl sites for hydroxylation is 1. The third-order valence-electron chi connectivity index (χ3n) is 8.59. The van der Waals surface area contributed by atoms with Crippen LogP contribution >= 0.6 is 0 Å². The van der Waals surface area contributed by atoms with E-state index >= 15 is 0 Å². The summed E-state index contributed by atoms with van der Waals surface area (Å²) in [6.07, 6.45) is 18.3. The maximum absolute atomic E-state index is 10.6. The summed E-state index contributed by atoms with van der Waals surface area (Å²) < 4.78 is 17.0. The second kappa shape index (κ2) is 19.2. The lowest BCUT2D eigenvalue weighted by Gasteiger charge is -2.28. The molecule has 0 spiro atoms. The number of hydrogen-bond acceptors (Lipinski definition) is 6. The number of unbranched alkanes of at least 4 members (excludes halogenated alkanes) is 9. The predicted molar refractivity (Wildman–Crippen MR) is 171 cm³/mol. The highest BCUT2D eigenvalue weighted by Gasteiger charge is 2.32. The number of ether oxygens (including phenoxy) is 3. The Morgan fingerprint density at radius 1 is 0.857 bits per heavy atom. The Labute approximate surface area is 254 Å². The highest BCUT2D eigenvalue weighted by atomic mass is 16.6. The van der Waals surface area contributed by atoms with Gasteiger partial charge in [0.25, 0.3) is 0 Å². The van der Waals surface area contributed by atoms with E-state index in [1.54, 1.807) is 14.2 Å². The van der Waals surface area contributed by atoms with Crippen LogP contribution in [0.2, 0.25) is 0 Å². The molecule has 6 heteroatoms. The number of azo groups is 1. The maximum Gasteiger partial charge on any atom is 0.161 e. The zero-order valence-electron chi connectivity index (χ0n) is 26.4. The minimum Gasteiger partial charge on any atom is -0.497 e. The Morgan fingerprint density at radius 3 is 2.24 bits per heavy atom. The van der Waals surface area contributed by atoms with Crippen LogP contribution in [0.25, 0.3) is 0 Å². The van der Waals surface area contributed by atoms with Crippen molar-refractivity contribution in [3.05, 3.63) is 53.6 Å². The second-order valence-electron chi connectivity index (χ2n) is 11.7. The van der Waals surface area contributed by atoms with Gasteiger partial charge in [0.2, 0.25) is 0 Å². The van der Waals surface area contributed by atoms with Crippen LogP contribution in [0.1, 0.15) is 114 Å². The Bertz CT molecular complexity index is 1110. The normalized spacial score (nSPS) is 14.8. The van der Waals surface area contributed by atoms with Gasteiger partial charge in [-0.25, -0.2) is 0 Å². The fourth-order valence-corrected chi connectivity index (χ4v) is 6.06. The van der Waals surface area contributed by atoms with Gasteiger partial charge < -0.3 is 14.2 Å². The zero-order valence-corrected chi connectivity index (χ0v) is 26.4. The van der Waals surface area contributed by atoms with E-state index in [4.69, 9.17) is 14.2 Å². The van der Waals surface area contributed by atoms with Gasteiger partial charge in [-0.1, -0.05) is 89.3 Å². The molecule has 2 aromatic rings. The molecule has 3 rings (SSSR count). The molecule has 0 bridgehead atoms. The Balaban J connectivity index is 1.55. The van der Waals surface area contributed by atoms with E-state index in [1.165, 1.54) is 63.4 Å². The molecule has 1 aliphatic heterocycles. The van der Waals surface area contributed by atoms with Gasteiger partial charge in [-0.3, -0.25) is 0 Å². The van der Waals surface area contributed by atoms with E-state index in [2.05, 4.69) is 47.5 Å². The molecule has 0 radical (unpaired) electrons. The van der Waals surface area contributed by atoms with E-state index in [-0.39, 0.29) is 6.04 Å². The van der Waals surface area contributed by atoms with Crippen LogP contribution < -0.4 is 14.2 Å². The van der Waals surface area contributed by atoms with Crippen LogP contribution in [0.3, 0.4) is 0 Å². The molecule has 0 fully saturated rings. The van der Waals surface area contributed by atoms with E-state index in [9.17, 15) is 5.26 Å². The maximum atomic E-state index is 10.6. The third-order valence-corrected chi connectivity index (χ3v) is 8.59. The average molecular weight is 576 g/mol. The van der Waals surface area contributed by atoms with Crippen molar-refractivity contribution in [1.29, 1.82) is 5.26 Å². The molecular weight excluding hydrogens is 522 g/mol. The highest BCUT2D eigenvalue weighted by molar-refractivity contribution is 5.44. The van der Waals surface area contributed by atoms with Crippen LogP contribution in [0, 0.1) is 11.3 Å². The molecule has 42 heavy (non-hydrogen) atoms. The quantitative estimate of drug-likeness (QED) is 0.110. The fourth-order valence-electron chi connectivity index (χ4n) is 6.06. The van der Waals surface area contributed by atoms with Gasteiger partial charge in [-0.05, 0) is 73.9 Å². The first-order chi connectivity index (χ1) is 20.6. The van der Waals surface area contributed by atoms with Gasteiger partial charge >= 0.3 is 0 Å². The third kappa shape index (κ3) is 11.0. The van der Waals surface area contributed by atoms with Crippen LogP contribution in [-0.4, -0.2) is 33.4 Å². The van der Waals surface area contributed by atoms with E-state index in [0.29, 0.717) is 13.2 Å². The number of nitrogens with zero attached hydrogens (tertiary/aromatic N) is 3. The summed E-state index contributed by atoms with van der Waals surface area (Å²) in [6, 6.07) is 17.2. The van der Waals surface area contributed by atoms with Crippen molar-refractivity contribution in [3.8, 4) is 23.3 Å². The van der Waals surface area contributed by atoms with Gasteiger partial charge in [0.15, 0.2) is 11.5 Å². The van der Waals surface area contributed by atoms with Crippen molar-refractivity contribution in [2.45, 2.75) is 121 Å². The molecule has 2 unspecified atom stereocenters. The van der Waals surface area contributed by atoms with Crippen molar-refractivity contribution in [3.63, 3.8) is 0 Å². The smallest absolute Gasteiger partial charge is 0.161 e. The molecule has 1 heterocycles. The number of rotatable bonds is 21. The molecule has 0 saturated carbocycles. The van der Waals surface area contributed by atoms with E-state index in [1.807, 2.05) is 18.2 Å². The molecule has 2 atom stereocenters. The van der Waals surface area contributed by atoms with Crippen LogP contribution in [-0.2, 0) is 11.8 Å². The number of benzene rings is 2. The van der Waals surface area contributed by atoms with Crippen LogP contribution in [0.15, 0.2) is 52.7 Å². The first-order valence-corrected chi connectivity index (χ1v) is 16.4. The second-order valence-corrected chi connectivity index (χ2v) is 11.7. The summed E-state index contributed by atoms with van der Waals surface area (Å²) in [5, 5.41) is 19.3. The summed E-state index contributed by atoms with van der Waals surface area (Å²) in [7, 11) is 3.44. The summed E-state index contributed by atoms with van der Waals surface area (Å²) in [4.78, 5) is 0. The average Bonchev–Trinajstić information content (AvgIpc) is 3.03. The molecule has 6 nitrogen and oxygen atoms in total. The van der Waals surface area contributed by atoms with Gasteiger partial charge in [-0.2, -0.15) is 15.5 Å². The summed E-state index contributed by atoms with van der Waals surface area (Å²) in [6.45, 7) is 3.46. The lowest BCUT2D eigenvalue weighted by molar-refractivity contribution is 0.171. The van der Waals surface area contributed by atoms with Gasteiger partial charge in [0, 0.05) is 7.05 Å².